The summed E-state index contributed by atoms with van der Waals surface area (Å²) in [5.74, 6) is 2.30. The van der Waals surface area contributed by atoms with Crippen LogP contribution in [0.3, 0.4) is 0 Å². The third-order valence-corrected chi connectivity index (χ3v) is 4.77. The number of guanidine groups is 1. The Kier molecular flexibility index (Phi) is 8.17. The molecular formula is C20H33N5O2. The molecule has 1 aromatic rings. The first-order valence-electron chi connectivity index (χ1n) is 10.2. The van der Waals surface area contributed by atoms with Crippen molar-refractivity contribution in [1.29, 1.82) is 0 Å². The maximum atomic E-state index is 5.76. The highest BCUT2D eigenvalue weighted by Crippen LogP contribution is 2.29. The van der Waals surface area contributed by atoms with Crippen LogP contribution in [0.4, 0.5) is 0 Å². The minimum absolute atomic E-state index is 0.612. The van der Waals surface area contributed by atoms with Crippen LogP contribution in [0.1, 0.15) is 31.7 Å². The second kappa shape index (κ2) is 11.1. The Balaban J connectivity index is 1.41. The molecular weight excluding hydrogens is 342 g/mol. The summed E-state index contributed by atoms with van der Waals surface area (Å²) >= 11 is 0. The molecule has 0 aromatic carbocycles. The van der Waals surface area contributed by atoms with Crippen molar-refractivity contribution in [1.82, 2.24) is 20.5 Å². The minimum atomic E-state index is 0.612. The maximum absolute atomic E-state index is 5.76. The molecule has 2 fully saturated rings. The van der Waals surface area contributed by atoms with Gasteiger partial charge < -0.3 is 20.1 Å². The summed E-state index contributed by atoms with van der Waals surface area (Å²) in [4.78, 5) is 11.4. The fraction of sp³-hybridized carbons (Fsp3) is 0.700. The standard InChI is InChI=1S/C20H33N5O2/c1-2-21-20(23-7-3-9-25-10-12-26-13-11-25)24-15-18-6-8-22-19(14-18)27-16-17-4-5-17/h6,8,14,17H,2-5,7,9-13,15-16H2,1H3,(H2,21,23,24). The molecule has 150 valence electrons. The average Bonchev–Trinajstić information content (AvgIpc) is 3.53. The molecule has 1 aliphatic carbocycles. The smallest absolute Gasteiger partial charge is 0.213 e. The molecule has 0 atom stereocenters. The molecule has 7 heteroatoms. The van der Waals surface area contributed by atoms with Gasteiger partial charge in [0.15, 0.2) is 5.96 Å². The Morgan fingerprint density at radius 2 is 2.19 bits per heavy atom. The number of nitrogens with zero attached hydrogens (tertiary/aromatic N) is 3. The molecule has 1 aromatic heterocycles. The molecule has 0 amide bonds. The van der Waals surface area contributed by atoms with E-state index in [0.717, 1.165) is 76.4 Å². The first-order chi connectivity index (χ1) is 13.3. The van der Waals surface area contributed by atoms with E-state index in [-0.39, 0.29) is 0 Å². The number of ether oxygens (including phenoxy) is 2. The molecule has 0 unspecified atom stereocenters. The molecule has 2 aliphatic rings. The summed E-state index contributed by atoms with van der Waals surface area (Å²) in [5, 5.41) is 6.74. The van der Waals surface area contributed by atoms with Crippen LogP contribution in [0.15, 0.2) is 23.3 Å². The van der Waals surface area contributed by atoms with Crippen molar-refractivity contribution in [3.05, 3.63) is 23.9 Å². The number of rotatable bonds is 10. The Morgan fingerprint density at radius 1 is 1.33 bits per heavy atom. The van der Waals surface area contributed by atoms with E-state index in [4.69, 9.17) is 14.5 Å². The van der Waals surface area contributed by atoms with Gasteiger partial charge in [-0.25, -0.2) is 9.98 Å². The topological polar surface area (TPSA) is 71.0 Å². The van der Waals surface area contributed by atoms with Gasteiger partial charge in [-0.2, -0.15) is 0 Å². The zero-order chi connectivity index (χ0) is 18.7. The van der Waals surface area contributed by atoms with E-state index in [2.05, 4.69) is 27.4 Å². The highest BCUT2D eigenvalue weighted by Gasteiger charge is 2.22. The van der Waals surface area contributed by atoms with E-state index in [1.54, 1.807) is 6.20 Å². The molecule has 2 heterocycles. The lowest BCUT2D eigenvalue weighted by Crippen LogP contribution is -2.40. The predicted octanol–water partition coefficient (Wildman–Crippen LogP) is 1.65. The number of morpholine rings is 1. The summed E-state index contributed by atoms with van der Waals surface area (Å²) in [7, 11) is 0. The van der Waals surface area contributed by atoms with Crippen LogP contribution in [0.5, 0.6) is 5.88 Å². The average molecular weight is 376 g/mol. The minimum Gasteiger partial charge on any atom is -0.477 e. The van der Waals surface area contributed by atoms with Gasteiger partial charge in [-0.3, -0.25) is 4.90 Å². The van der Waals surface area contributed by atoms with E-state index in [1.165, 1.54) is 12.8 Å². The van der Waals surface area contributed by atoms with Crippen LogP contribution in [0.25, 0.3) is 0 Å². The molecule has 2 N–H and O–H groups in total. The van der Waals surface area contributed by atoms with Crippen molar-refractivity contribution >= 4 is 5.96 Å². The van der Waals surface area contributed by atoms with Gasteiger partial charge in [0.25, 0.3) is 0 Å². The molecule has 1 saturated carbocycles. The van der Waals surface area contributed by atoms with Gasteiger partial charge in [-0.1, -0.05) is 0 Å². The van der Waals surface area contributed by atoms with Gasteiger partial charge in [0, 0.05) is 38.4 Å². The summed E-state index contributed by atoms with van der Waals surface area (Å²) in [6.07, 6.45) is 5.47. The first-order valence-corrected chi connectivity index (χ1v) is 10.2. The van der Waals surface area contributed by atoms with Crippen molar-refractivity contribution in [3.8, 4) is 5.88 Å². The second-order valence-corrected chi connectivity index (χ2v) is 7.19. The SMILES string of the molecule is CCNC(=NCc1ccnc(OCC2CC2)c1)NCCCN1CCOCC1. The lowest BCUT2D eigenvalue weighted by atomic mass is 10.3. The molecule has 0 radical (unpaired) electrons. The summed E-state index contributed by atoms with van der Waals surface area (Å²) in [6, 6.07) is 3.99. The van der Waals surface area contributed by atoms with Crippen LogP contribution < -0.4 is 15.4 Å². The number of nitrogens with one attached hydrogen (secondary N) is 2. The predicted molar refractivity (Wildman–Crippen MR) is 107 cm³/mol. The van der Waals surface area contributed by atoms with Crippen molar-refractivity contribution < 1.29 is 9.47 Å². The first kappa shape index (κ1) is 19.9. The zero-order valence-electron chi connectivity index (χ0n) is 16.5. The lowest BCUT2D eigenvalue weighted by Gasteiger charge is -2.26. The summed E-state index contributed by atoms with van der Waals surface area (Å²) in [5.41, 5.74) is 1.11. The van der Waals surface area contributed by atoms with Gasteiger partial charge in [0.05, 0.1) is 26.4 Å². The highest BCUT2D eigenvalue weighted by atomic mass is 16.5. The number of aliphatic imine (C=N–C) groups is 1. The molecule has 3 rings (SSSR count). The van der Waals surface area contributed by atoms with Crippen molar-refractivity contribution in [2.45, 2.75) is 32.7 Å². The van der Waals surface area contributed by atoms with Gasteiger partial charge in [0.2, 0.25) is 5.88 Å². The van der Waals surface area contributed by atoms with Crippen molar-refractivity contribution in [2.24, 2.45) is 10.9 Å². The van der Waals surface area contributed by atoms with E-state index in [1.807, 2.05) is 12.1 Å². The van der Waals surface area contributed by atoms with Gasteiger partial charge in [-0.05, 0) is 50.3 Å². The summed E-state index contributed by atoms with van der Waals surface area (Å²) < 4.78 is 11.1. The number of pyridine rings is 1. The fourth-order valence-electron chi connectivity index (χ4n) is 2.96. The maximum Gasteiger partial charge on any atom is 0.213 e. The highest BCUT2D eigenvalue weighted by molar-refractivity contribution is 5.79. The van der Waals surface area contributed by atoms with E-state index in [0.29, 0.717) is 12.4 Å². The number of aromatic nitrogens is 1. The zero-order valence-corrected chi connectivity index (χ0v) is 16.5. The Bertz CT molecular complexity index is 585. The molecule has 7 nitrogen and oxygen atoms in total. The van der Waals surface area contributed by atoms with Crippen molar-refractivity contribution in [3.63, 3.8) is 0 Å². The van der Waals surface area contributed by atoms with Crippen LogP contribution >= 0.6 is 0 Å². The van der Waals surface area contributed by atoms with Gasteiger partial charge in [0.1, 0.15) is 0 Å². The quantitative estimate of drug-likeness (QED) is 0.368. The lowest BCUT2D eigenvalue weighted by molar-refractivity contribution is 0.0376. The fourth-order valence-corrected chi connectivity index (χ4v) is 2.96. The normalized spacial score (nSPS) is 18.3. The van der Waals surface area contributed by atoms with E-state index < -0.39 is 0 Å². The molecule has 1 saturated heterocycles. The molecule has 1 aliphatic heterocycles. The number of hydrogen-bond acceptors (Lipinski definition) is 5. The van der Waals surface area contributed by atoms with Gasteiger partial charge in [-0.15, -0.1) is 0 Å². The van der Waals surface area contributed by atoms with Crippen molar-refractivity contribution in [2.75, 3.05) is 52.5 Å². The molecule has 0 bridgehead atoms. The van der Waals surface area contributed by atoms with E-state index in [9.17, 15) is 0 Å². The number of hydrogen-bond donors (Lipinski definition) is 2. The second-order valence-electron chi connectivity index (χ2n) is 7.19. The van der Waals surface area contributed by atoms with Gasteiger partial charge >= 0.3 is 0 Å². The summed E-state index contributed by atoms with van der Waals surface area (Å²) in [6.45, 7) is 10.1. The van der Waals surface area contributed by atoms with E-state index >= 15 is 0 Å². The Labute approximate surface area is 162 Å². The molecule has 27 heavy (non-hydrogen) atoms. The largest absolute Gasteiger partial charge is 0.477 e. The molecule has 0 spiro atoms. The Hall–Kier alpha value is -1.86. The van der Waals surface area contributed by atoms with Crippen LogP contribution in [-0.4, -0.2) is 68.4 Å². The van der Waals surface area contributed by atoms with Crippen LogP contribution in [0, 0.1) is 5.92 Å². The Morgan fingerprint density at radius 3 is 2.96 bits per heavy atom. The van der Waals surface area contributed by atoms with Crippen LogP contribution in [0.2, 0.25) is 0 Å². The monoisotopic (exact) mass is 375 g/mol. The third kappa shape index (κ3) is 7.72. The van der Waals surface area contributed by atoms with Crippen LogP contribution in [-0.2, 0) is 11.3 Å². The third-order valence-electron chi connectivity index (χ3n) is 4.77.